The zero-order chi connectivity index (χ0) is 19.0. The van der Waals surface area contributed by atoms with Gasteiger partial charge in [-0.1, -0.05) is 12.8 Å². The minimum Gasteiger partial charge on any atom is -0.360 e. The summed E-state index contributed by atoms with van der Waals surface area (Å²) in [6.07, 6.45) is 5.18. The van der Waals surface area contributed by atoms with Crippen molar-refractivity contribution in [2.45, 2.75) is 52.2 Å². The summed E-state index contributed by atoms with van der Waals surface area (Å²) in [5.74, 6) is -0.171. The lowest BCUT2D eigenvalue weighted by Gasteiger charge is -2.33. The van der Waals surface area contributed by atoms with Gasteiger partial charge in [0, 0.05) is 23.1 Å². The summed E-state index contributed by atoms with van der Waals surface area (Å²) >= 11 is 5.88. The van der Waals surface area contributed by atoms with Gasteiger partial charge in [-0.05, 0) is 63.2 Å². The number of piperazine rings is 1. The normalized spacial score (nSPS) is 19.1. The first-order chi connectivity index (χ1) is 13.0. The van der Waals surface area contributed by atoms with Gasteiger partial charge >= 0.3 is 0 Å². The second-order valence-corrected chi connectivity index (χ2v) is 8.43. The molecule has 1 aromatic heterocycles. The molecule has 2 aromatic rings. The molecule has 1 saturated heterocycles. The molecule has 1 saturated carbocycles. The highest BCUT2D eigenvalue weighted by atomic mass is 32.1. The number of benzene rings is 1. The molecular formula is C21H30FN4S+. The Hall–Kier alpha value is -1.66. The Morgan fingerprint density at radius 3 is 2.30 bits per heavy atom. The van der Waals surface area contributed by atoms with E-state index in [1.54, 1.807) is 17.0 Å². The number of hydrogen-bond acceptors (Lipinski definition) is 2. The topological polar surface area (TPSA) is 17.5 Å². The van der Waals surface area contributed by atoms with Crippen LogP contribution in [0.4, 0.5) is 10.1 Å². The summed E-state index contributed by atoms with van der Waals surface area (Å²) < 4.78 is 18.9. The molecule has 4 rings (SSSR count). The van der Waals surface area contributed by atoms with Crippen molar-refractivity contribution in [3.63, 3.8) is 0 Å². The summed E-state index contributed by atoms with van der Waals surface area (Å²) in [4.78, 5) is 3.92. The number of imidazole rings is 1. The van der Waals surface area contributed by atoms with E-state index in [0.29, 0.717) is 6.04 Å². The van der Waals surface area contributed by atoms with Gasteiger partial charge in [-0.3, -0.25) is 4.57 Å². The fraction of sp³-hybridized carbons (Fsp3) is 0.571. The number of rotatable bonds is 4. The molecule has 0 amide bonds. The van der Waals surface area contributed by atoms with Gasteiger partial charge in [0.2, 0.25) is 0 Å². The Morgan fingerprint density at radius 1 is 1.04 bits per heavy atom. The van der Waals surface area contributed by atoms with Crippen LogP contribution < -0.4 is 9.80 Å². The van der Waals surface area contributed by atoms with Crippen molar-refractivity contribution in [1.29, 1.82) is 0 Å². The van der Waals surface area contributed by atoms with E-state index in [9.17, 15) is 4.39 Å². The van der Waals surface area contributed by atoms with E-state index in [0.717, 1.165) is 43.3 Å². The van der Waals surface area contributed by atoms with Gasteiger partial charge in [0.1, 0.15) is 5.82 Å². The van der Waals surface area contributed by atoms with E-state index < -0.39 is 0 Å². The summed E-state index contributed by atoms with van der Waals surface area (Å²) in [5.41, 5.74) is 3.78. The number of quaternary nitrogens is 1. The lowest BCUT2D eigenvalue weighted by Crippen LogP contribution is -3.14. The standard InChI is InChI=1S/C21H29FN4S/c1-16-17(2)26(20-5-3-4-6-20)21(27)25(16)15-23-11-13-24(14-12-23)19-9-7-18(22)8-10-19/h7-10,20H,3-6,11-15H2,1-2H3/p+1. The number of halogens is 1. The maximum atomic E-state index is 13.1. The molecule has 0 radical (unpaired) electrons. The highest BCUT2D eigenvalue weighted by Crippen LogP contribution is 2.32. The Morgan fingerprint density at radius 2 is 1.67 bits per heavy atom. The lowest BCUT2D eigenvalue weighted by molar-refractivity contribution is -0.923. The van der Waals surface area contributed by atoms with E-state index in [4.69, 9.17) is 12.2 Å². The van der Waals surface area contributed by atoms with Crippen molar-refractivity contribution < 1.29 is 9.29 Å². The van der Waals surface area contributed by atoms with Crippen LogP contribution in [-0.2, 0) is 6.67 Å². The van der Waals surface area contributed by atoms with Crippen molar-refractivity contribution in [2.75, 3.05) is 31.1 Å². The van der Waals surface area contributed by atoms with Gasteiger partial charge in [-0.15, -0.1) is 0 Å². The maximum absolute atomic E-state index is 13.1. The number of nitrogens with one attached hydrogen (secondary N) is 1. The molecule has 146 valence electrons. The molecule has 0 unspecified atom stereocenters. The maximum Gasteiger partial charge on any atom is 0.184 e. The molecule has 0 bridgehead atoms. The van der Waals surface area contributed by atoms with Gasteiger partial charge in [-0.2, -0.15) is 0 Å². The lowest BCUT2D eigenvalue weighted by atomic mass is 10.2. The van der Waals surface area contributed by atoms with Crippen LogP contribution in [0.5, 0.6) is 0 Å². The minimum absolute atomic E-state index is 0.171. The molecule has 0 spiro atoms. The second kappa shape index (κ2) is 7.76. The average Bonchev–Trinajstić information content (AvgIpc) is 3.27. The third-order valence-corrected chi connectivity index (χ3v) is 6.88. The number of nitrogens with zero attached hydrogens (tertiary/aromatic N) is 3. The zero-order valence-corrected chi connectivity index (χ0v) is 17.2. The van der Waals surface area contributed by atoms with E-state index in [1.165, 1.54) is 37.1 Å². The molecule has 6 heteroatoms. The first kappa shape index (κ1) is 18.7. The van der Waals surface area contributed by atoms with Gasteiger partial charge in [-0.25, -0.2) is 4.39 Å². The first-order valence-electron chi connectivity index (χ1n) is 10.2. The third kappa shape index (κ3) is 3.69. The number of anilines is 1. The molecule has 27 heavy (non-hydrogen) atoms. The first-order valence-corrected chi connectivity index (χ1v) is 10.6. The summed E-state index contributed by atoms with van der Waals surface area (Å²) in [6, 6.07) is 7.46. The van der Waals surface area contributed by atoms with Crippen LogP contribution in [0.3, 0.4) is 0 Å². The fourth-order valence-corrected chi connectivity index (χ4v) is 5.17. The molecule has 1 N–H and O–H groups in total. The van der Waals surface area contributed by atoms with Crippen molar-refractivity contribution >= 4 is 17.9 Å². The summed E-state index contributed by atoms with van der Waals surface area (Å²) in [6.45, 7) is 9.53. The Bertz CT molecular complexity index is 840. The van der Waals surface area contributed by atoms with E-state index >= 15 is 0 Å². The molecular weight excluding hydrogens is 359 g/mol. The largest absolute Gasteiger partial charge is 0.360 e. The second-order valence-electron chi connectivity index (χ2n) is 8.06. The Kier molecular flexibility index (Phi) is 5.37. The van der Waals surface area contributed by atoms with E-state index in [2.05, 4.69) is 27.9 Å². The summed E-state index contributed by atoms with van der Waals surface area (Å²) in [7, 11) is 0. The van der Waals surface area contributed by atoms with Crippen molar-refractivity contribution in [1.82, 2.24) is 9.13 Å². The van der Waals surface area contributed by atoms with Crippen LogP contribution in [0.25, 0.3) is 0 Å². The van der Waals surface area contributed by atoms with E-state index in [1.807, 2.05) is 12.1 Å². The minimum atomic E-state index is -0.171. The van der Waals surface area contributed by atoms with Crippen molar-refractivity contribution in [2.24, 2.45) is 0 Å². The molecule has 1 aromatic carbocycles. The zero-order valence-electron chi connectivity index (χ0n) is 16.4. The molecule has 2 heterocycles. The Labute approximate surface area is 166 Å². The number of aromatic nitrogens is 2. The highest BCUT2D eigenvalue weighted by molar-refractivity contribution is 7.71. The predicted molar refractivity (Wildman–Crippen MR) is 110 cm³/mol. The average molecular weight is 390 g/mol. The predicted octanol–water partition coefficient (Wildman–Crippen LogP) is 3.25. The van der Waals surface area contributed by atoms with Gasteiger partial charge in [0.25, 0.3) is 0 Å². The van der Waals surface area contributed by atoms with Crippen molar-refractivity contribution in [3.05, 3.63) is 46.2 Å². The van der Waals surface area contributed by atoms with Crippen LogP contribution in [0.2, 0.25) is 0 Å². The SMILES string of the molecule is Cc1c(C)n(C2CCCC2)c(=S)n1C[NH+]1CCN(c2ccc(F)cc2)CC1. The van der Waals surface area contributed by atoms with Crippen LogP contribution in [0.15, 0.2) is 24.3 Å². The van der Waals surface area contributed by atoms with Gasteiger partial charge in [0.15, 0.2) is 11.4 Å². The van der Waals surface area contributed by atoms with Crippen molar-refractivity contribution in [3.8, 4) is 0 Å². The van der Waals surface area contributed by atoms with Gasteiger partial charge in [0.05, 0.1) is 26.2 Å². The molecule has 4 nitrogen and oxygen atoms in total. The smallest absolute Gasteiger partial charge is 0.184 e. The monoisotopic (exact) mass is 389 g/mol. The van der Waals surface area contributed by atoms with Crippen LogP contribution in [0.1, 0.15) is 43.1 Å². The Balaban J connectivity index is 1.44. The van der Waals surface area contributed by atoms with Crippen LogP contribution >= 0.6 is 12.2 Å². The molecule has 2 fully saturated rings. The van der Waals surface area contributed by atoms with E-state index in [-0.39, 0.29) is 5.82 Å². The van der Waals surface area contributed by atoms with Crippen LogP contribution in [0, 0.1) is 24.4 Å². The van der Waals surface area contributed by atoms with Gasteiger partial charge < -0.3 is 14.4 Å². The third-order valence-electron chi connectivity index (χ3n) is 6.46. The fourth-order valence-electron chi connectivity index (χ4n) is 4.68. The molecule has 1 aliphatic carbocycles. The molecule has 0 atom stereocenters. The highest BCUT2D eigenvalue weighted by Gasteiger charge is 2.25. The quantitative estimate of drug-likeness (QED) is 0.809. The number of hydrogen-bond donors (Lipinski definition) is 1. The van der Waals surface area contributed by atoms with Crippen LogP contribution in [-0.4, -0.2) is 35.3 Å². The summed E-state index contributed by atoms with van der Waals surface area (Å²) in [5, 5.41) is 0. The molecule has 2 aliphatic rings. The molecule has 1 aliphatic heterocycles.